The number of hydrogen-bond donors (Lipinski definition) is 4. The van der Waals surface area contributed by atoms with Crippen molar-refractivity contribution in [2.24, 2.45) is 16.6 Å². The Balaban J connectivity index is 1.61. The van der Waals surface area contributed by atoms with Gasteiger partial charge in [0.15, 0.2) is 17.3 Å². The first kappa shape index (κ1) is 31.8. The second-order valence-electron chi connectivity index (χ2n) is 11.3. The molecule has 2 heterocycles. The van der Waals surface area contributed by atoms with Gasteiger partial charge in [0.2, 0.25) is 5.78 Å². The predicted octanol–water partition coefficient (Wildman–Crippen LogP) is 3.12. The van der Waals surface area contributed by atoms with Crippen LogP contribution >= 0.6 is 0 Å². The number of nitrogen functional groups attached to an aromatic ring is 1. The maximum Gasteiger partial charge on any atom is 0.350 e. The van der Waals surface area contributed by atoms with E-state index < -0.39 is 28.7 Å². The maximum absolute atomic E-state index is 13.9. The number of ketones is 2. The van der Waals surface area contributed by atoms with E-state index in [1.165, 1.54) is 0 Å². The van der Waals surface area contributed by atoms with Crippen molar-refractivity contribution in [3.63, 3.8) is 0 Å². The van der Waals surface area contributed by atoms with Gasteiger partial charge in [-0.3, -0.25) is 14.6 Å². The van der Waals surface area contributed by atoms with E-state index in [4.69, 9.17) is 20.9 Å². The third-order valence-electron chi connectivity index (χ3n) is 8.19. The monoisotopic (exact) mass is 590 g/mol. The topological polar surface area (TPSA) is 174 Å². The van der Waals surface area contributed by atoms with Gasteiger partial charge in [0.1, 0.15) is 5.82 Å². The molecule has 4 rings (SSSR count). The minimum atomic E-state index is -2.01. The molecule has 11 nitrogen and oxygen atoms in total. The summed E-state index contributed by atoms with van der Waals surface area (Å²) >= 11 is 0. The summed E-state index contributed by atoms with van der Waals surface area (Å²) in [4.78, 5) is 49.5. The average molecular weight is 591 g/mol. The number of guanidine groups is 1. The Morgan fingerprint density at radius 2 is 1.93 bits per heavy atom. The van der Waals surface area contributed by atoms with Crippen molar-refractivity contribution in [2.45, 2.75) is 63.2 Å². The maximum atomic E-state index is 13.9. The van der Waals surface area contributed by atoms with Crippen molar-refractivity contribution in [3.05, 3.63) is 70.9 Å². The first-order valence-electron chi connectivity index (χ1n) is 14.7. The molecular weight excluding hydrogens is 548 g/mol. The van der Waals surface area contributed by atoms with Crippen LogP contribution in [0.1, 0.15) is 78.3 Å². The molecule has 0 unspecified atom stereocenters. The molecule has 2 aromatic rings. The second-order valence-corrected chi connectivity index (χ2v) is 11.3. The highest BCUT2D eigenvalue weighted by molar-refractivity contribution is 6.32. The summed E-state index contributed by atoms with van der Waals surface area (Å²) in [5.74, 6) is -1.07. The van der Waals surface area contributed by atoms with Crippen LogP contribution in [0, 0.1) is 5.92 Å². The number of aliphatic imine (C=N–C) groups is 1. The molecule has 6 N–H and O–H groups in total. The molecule has 1 aromatic heterocycles. The molecule has 1 aliphatic heterocycles. The summed E-state index contributed by atoms with van der Waals surface area (Å²) in [7, 11) is 3.43. The number of anilines is 1. The molecule has 230 valence electrons. The standard InChI is InChI=1S/C32H42N6O5/c1-5-6-9-21(18-35-3)19-42-29(41)32-28(40)24-11-8-7-10-23(24)27(39)31(32,43-32)14-12-20(2)16-25(38-30(34)36-4)22-13-15-37-26(33)17-22/h7-8,10-13,15,17,21,25,35H,5-6,9,14,16,18-19H2,1-4H3,(H2,33,37)(H3,34,36,38)/b20-12+/t21-,25-,31+,32+/m1/s1. The summed E-state index contributed by atoms with van der Waals surface area (Å²) in [5.41, 5.74) is 10.3. The fourth-order valence-corrected chi connectivity index (χ4v) is 5.76. The van der Waals surface area contributed by atoms with Crippen LogP contribution in [0.4, 0.5) is 5.82 Å². The zero-order chi connectivity index (χ0) is 31.2. The van der Waals surface area contributed by atoms with Crippen LogP contribution in [-0.2, 0) is 14.3 Å². The summed E-state index contributed by atoms with van der Waals surface area (Å²) in [6.45, 7) is 4.79. The third kappa shape index (κ3) is 6.33. The van der Waals surface area contributed by atoms with Crippen molar-refractivity contribution in [2.75, 3.05) is 33.0 Å². The van der Waals surface area contributed by atoms with E-state index in [-0.39, 0.29) is 42.1 Å². The van der Waals surface area contributed by atoms with Gasteiger partial charge in [0.25, 0.3) is 5.60 Å². The second kappa shape index (κ2) is 13.5. The number of benzene rings is 1. The molecule has 1 aromatic carbocycles. The minimum Gasteiger partial charge on any atom is -0.463 e. The van der Waals surface area contributed by atoms with E-state index in [1.54, 1.807) is 43.6 Å². The van der Waals surface area contributed by atoms with Crippen LogP contribution in [-0.4, -0.2) is 66.9 Å². The molecule has 2 aliphatic rings. The average Bonchev–Trinajstić information content (AvgIpc) is 3.72. The molecule has 0 radical (unpaired) electrons. The number of ether oxygens (including phenoxy) is 2. The number of nitrogens with two attached hydrogens (primary N) is 2. The number of carbonyl (C=O) groups excluding carboxylic acids is 3. The first-order chi connectivity index (χ1) is 20.6. The van der Waals surface area contributed by atoms with Crippen LogP contribution in [0.2, 0.25) is 0 Å². The summed E-state index contributed by atoms with van der Waals surface area (Å²) in [6.07, 6.45) is 6.80. The van der Waals surface area contributed by atoms with Crippen molar-refractivity contribution in [1.82, 2.24) is 15.6 Å². The zero-order valence-corrected chi connectivity index (χ0v) is 25.3. The smallest absolute Gasteiger partial charge is 0.350 e. The van der Waals surface area contributed by atoms with Gasteiger partial charge in [-0.15, -0.1) is 0 Å². The van der Waals surface area contributed by atoms with E-state index in [2.05, 4.69) is 27.5 Å². The Labute approximate surface area is 252 Å². The van der Waals surface area contributed by atoms with E-state index in [0.29, 0.717) is 18.8 Å². The molecule has 1 aliphatic carbocycles. The molecule has 0 bridgehead atoms. The molecule has 43 heavy (non-hydrogen) atoms. The number of rotatable bonds is 14. The number of pyridine rings is 1. The Morgan fingerprint density at radius 3 is 2.58 bits per heavy atom. The van der Waals surface area contributed by atoms with Crippen molar-refractivity contribution >= 4 is 29.3 Å². The largest absolute Gasteiger partial charge is 0.463 e. The molecule has 0 saturated carbocycles. The number of nitrogens with one attached hydrogen (secondary N) is 2. The van der Waals surface area contributed by atoms with Crippen LogP contribution in [0.3, 0.4) is 0 Å². The lowest BCUT2D eigenvalue weighted by Gasteiger charge is -2.25. The van der Waals surface area contributed by atoms with Gasteiger partial charge in [-0.1, -0.05) is 55.7 Å². The lowest BCUT2D eigenvalue weighted by Crippen LogP contribution is -2.50. The lowest BCUT2D eigenvalue weighted by molar-refractivity contribution is -0.149. The van der Waals surface area contributed by atoms with Crippen LogP contribution in [0.25, 0.3) is 0 Å². The molecule has 11 heteroatoms. The van der Waals surface area contributed by atoms with Gasteiger partial charge in [0, 0.05) is 43.3 Å². The molecule has 4 atom stereocenters. The number of aromatic nitrogens is 1. The first-order valence-corrected chi connectivity index (χ1v) is 14.7. The number of esters is 1. The van der Waals surface area contributed by atoms with Crippen molar-refractivity contribution in [3.8, 4) is 0 Å². The fourth-order valence-electron chi connectivity index (χ4n) is 5.76. The Kier molecular flexibility index (Phi) is 9.98. The molecule has 0 spiro atoms. The minimum absolute atomic E-state index is 0.0190. The number of Topliss-reactive ketones (excluding diaryl/α,β-unsaturated/α-hetero) is 2. The SMILES string of the molecule is CCCC[C@H](CNC)COC(=O)[C@]12O[C@@]1(C/C=C(\C)C[C@@H](NC(N)=NC)c1ccnc(N)c1)C(=O)c1ccccc1C2=O. The molecule has 0 amide bonds. The lowest BCUT2D eigenvalue weighted by atomic mass is 9.72. The summed E-state index contributed by atoms with van der Waals surface area (Å²) in [5, 5.41) is 6.31. The fraction of sp³-hybridized carbons (Fsp3) is 0.469. The van der Waals surface area contributed by atoms with E-state index >= 15 is 0 Å². The van der Waals surface area contributed by atoms with Crippen molar-refractivity contribution in [1.29, 1.82) is 0 Å². The Hall–Kier alpha value is -4.09. The summed E-state index contributed by atoms with van der Waals surface area (Å²) in [6, 6.07) is 9.79. The van der Waals surface area contributed by atoms with Crippen molar-refractivity contribution < 1.29 is 23.9 Å². The highest BCUT2D eigenvalue weighted by Gasteiger charge is 2.85. The normalized spacial score (nSPS) is 22.8. The van der Waals surface area contributed by atoms with Crippen LogP contribution in [0.5, 0.6) is 0 Å². The van der Waals surface area contributed by atoms with Gasteiger partial charge >= 0.3 is 5.97 Å². The highest BCUT2D eigenvalue weighted by atomic mass is 16.7. The third-order valence-corrected chi connectivity index (χ3v) is 8.19. The van der Waals surface area contributed by atoms with E-state index in [0.717, 1.165) is 30.4 Å². The van der Waals surface area contributed by atoms with E-state index in [9.17, 15) is 14.4 Å². The summed E-state index contributed by atoms with van der Waals surface area (Å²) < 4.78 is 11.8. The van der Waals surface area contributed by atoms with Gasteiger partial charge in [-0.25, -0.2) is 9.78 Å². The van der Waals surface area contributed by atoms with Gasteiger partial charge in [-0.2, -0.15) is 0 Å². The number of nitrogens with zero attached hydrogens (tertiary/aromatic N) is 2. The molecular formula is C32H42N6O5. The van der Waals surface area contributed by atoms with Gasteiger partial charge < -0.3 is 31.6 Å². The molecule has 1 saturated heterocycles. The molecule has 1 fully saturated rings. The Bertz CT molecular complexity index is 1420. The highest BCUT2D eigenvalue weighted by Crippen LogP contribution is 2.58. The van der Waals surface area contributed by atoms with Gasteiger partial charge in [0.05, 0.1) is 12.6 Å². The number of carbonyl (C=O) groups is 3. The van der Waals surface area contributed by atoms with Crippen LogP contribution < -0.4 is 22.1 Å². The number of fused-ring (bicyclic) bond motifs is 2. The number of unbranched alkanes of at least 4 members (excludes halogenated alkanes) is 1. The number of epoxide rings is 1. The Morgan fingerprint density at radius 1 is 1.21 bits per heavy atom. The van der Waals surface area contributed by atoms with E-state index in [1.807, 2.05) is 26.1 Å². The van der Waals surface area contributed by atoms with Crippen LogP contribution in [0.15, 0.2) is 59.2 Å². The quantitative estimate of drug-likeness (QED) is 0.0639. The zero-order valence-electron chi connectivity index (χ0n) is 25.3. The van der Waals surface area contributed by atoms with Gasteiger partial charge in [-0.05, 0) is 44.5 Å². The number of hydrogen-bond acceptors (Lipinski definition) is 9. The predicted molar refractivity (Wildman–Crippen MR) is 165 cm³/mol.